The molecule has 0 saturated heterocycles. The van der Waals surface area contributed by atoms with Crippen LogP contribution >= 0.6 is 0 Å². The number of benzene rings is 1. The summed E-state index contributed by atoms with van der Waals surface area (Å²) in [7, 11) is 0. The van der Waals surface area contributed by atoms with Crippen LogP contribution in [0.1, 0.15) is 29.1 Å². The molecule has 0 aliphatic heterocycles. The van der Waals surface area contributed by atoms with Crippen LogP contribution in [0, 0.1) is 5.92 Å². The van der Waals surface area contributed by atoms with E-state index in [0.717, 1.165) is 38.1 Å². The van der Waals surface area contributed by atoms with Crippen LogP contribution in [-0.2, 0) is 19.3 Å². The lowest BCUT2D eigenvalue weighted by molar-refractivity contribution is 0.460. The summed E-state index contributed by atoms with van der Waals surface area (Å²) in [5.74, 6) is 1.53. The quantitative estimate of drug-likeness (QED) is 0.911. The second-order valence-corrected chi connectivity index (χ2v) is 5.27. The third-order valence-corrected chi connectivity index (χ3v) is 3.84. The summed E-state index contributed by atoms with van der Waals surface area (Å²) in [6, 6.07) is 10.4. The Bertz CT molecular complexity index is 551. The van der Waals surface area contributed by atoms with Gasteiger partial charge in [-0.2, -0.15) is 0 Å². The highest BCUT2D eigenvalue weighted by Crippen LogP contribution is 2.23. The van der Waals surface area contributed by atoms with E-state index in [2.05, 4.69) is 29.2 Å². The first-order chi connectivity index (χ1) is 9.35. The van der Waals surface area contributed by atoms with Gasteiger partial charge in [-0.15, -0.1) is 0 Å². The van der Waals surface area contributed by atoms with Gasteiger partial charge < -0.3 is 5.73 Å². The summed E-state index contributed by atoms with van der Waals surface area (Å²) in [6.45, 7) is 0.769. The Morgan fingerprint density at radius 3 is 2.84 bits per heavy atom. The van der Waals surface area contributed by atoms with Crippen molar-refractivity contribution in [2.45, 2.75) is 25.7 Å². The Morgan fingerprint density at radius 2 is 2.05 bits per heavy atom. The van der Waals surface area contributed by atoms with Gasteiger partial charge in [0.15, 0.2) is 0 Å². The number of nitrogens with two attached hydrogens (primary N) is 1. The van der Waals surface area contributed by atoms with Crippen LogP contribution in [0.5, 0.6) is 0 Å². The van der Waals surface area contributed by atoms with Gasteiger partial charge in [0, 0.05) is 18.3 Å². The van der Waals surface area contributed by atoms with Crippen molar-refractivity contribution in [3.8, 4) is 0 Å². The van der Waals surface area contributed by atoms with Gasteiger partial charge in [0.1, 0.15) is 5.82 Å². The fraction of sp³-hybridized carbons (Fsp3) is 0.375. The third-order valence-electron chi connectivity index (χ3n) is 3.84. The lowest BCUT2D eigenvalue weighted by Crippen LogP contribution is -2.23. The third kappa shape index (κ3) is 2.82. The first-order valence-electron chi connectivity index (χ1n) is 6.93. The molecule has 0 fully saturated rings. The van der Waals surface area contributed by atoms with E-state index in [1.165, 1.54) is 16.8 Å². The summed E-state index contributed by atoms with van der Waals surface area (Å²) in [4.78, 5) is 9.23. The van der Waals surface area contributed by atoms with E-state index < -0.39 is 0 Å². The minimum Gasteiger partial charge on any atom is -0.330 e. The average molecular weight is 253 g/mol. The molecule has 1 aliphatic rings. The SMILES string of the molecule is NCC1CCc2nc(Cc3ccccc3)ncc2C1. The number of aryl methyl sites for hydroxylation is 1. The van der Waals surface area contributed by atoms with E-state index in [1.54, 1.807) is 0 Å². The van der Waals surface area contributed by atoms with Crippen LogP contribution in [0.3, 0.4) is 0 Å². The Labute approximate surface area is 113 Å². The van der Waals surface area contributed by atoms with Crippen LogP contribution < -0.4 is 5.73 Å². The number of nitrogens with zero attached hydrogens (tertiary/aromatic N) is 2. The van der Waals surface area contributed by atoms with E-state index in [0.29, 0.717) is 5.92 Å². The number of hydrogen-bond acceptors (Lipinski definition) is 3. The summed E-state index contributed by atoms with van der Waals surface area (Å²) in [6.07, 6.45) is 6.06. The number of rotatable bonds is 3. The van der Waals surface area contributed by atoms with E-state index in [-0.39, 0.29) is 0 Å². The number of aromatic nitrogens is 2. The molecule has 1 atom stereocenters. The molecule has 1 aliphatic carbocycles. The highest BCUT2D eigenvalue weighted by atomic mass is 14.9. The van der Waals surface area contributed by atoms with Gasteiger partial charge in [-0.1, -0.05) is 30.3 Å². The molecule has 2 N–H and O–H groups in total. The molecular formula is C16H19N3. The van der Waals surface area contributed by atoms with Crippen molar-refractivity contribution < 1.29 is 0 Å². The van der Waals surface area contributed by atoms with E-state index >= 15 is 0 Å². The Morgan fingerprint density at radius 1 is 1.21 bits per heavy atom. The maximum absolute atomic E-state index is 5.75. The highest BCUT2D eigenvalue weighted by molar-refractivity contribution is 5.24. The normalized spacial score (nSPS) is 18.1. The van der Waals surface area contributed by atoms with Crippen LogP contribution in [0.2, 0.25) is 0 Å². The zero-order chi connectivity index (χ0) is 13.1. The van der Waals surface area contributed by atoms with Gasteiger partial charge in [-0.25, -0.2) is 9.97 Å². The van der Waals surface area contributed by atoms with Gasteiger partial charge in [0.25, 0.3) is 0 Å². The van der Waals surface area contributed by atoms with E-state index in [4.69, 9.17) is 10.7 Å². The fourth-order valence-corrected chi connectivity index (χ4v) is 2.69. The van der Waals surface area contributed by atoms with Crippen molar-refractivity contribution in [2.24, 2.45) is 11.7 Å². The molecule has 0 bridgehead atoms. The largest absolute Gasteiger partial charge is 0.330 e. The minimum atomic E-state index is 0.607. The molecule has 0 saturated carbocycles. The van der Waals surface area contributed by atoms with Crippen molar-refractivity contribution >= 4 is 0 Å². The molecular weight excluding hydrogens is 234 g/mol. The first-order valence-corrected chi connectivity index (χ1v) is 6.93. The highest BCUT2D eigenvalue weighted by Gasteiger charge is 2.19. The molecule has 98 valence electrons. The minimum absolute atomic E-state index is 0.607. The smallest absolute Gasteiger partial charge is 0.132 e. The molecule has 1 aromatic carbocycles. The molecule has 0 spiro atoms. The zero-order valence-electron chi connectivity index (χ0n) is 11.0. The maximum Gasteiger partial charge on any atom is 0.132 e. The topological polar surface area (TPSA) is 51.8 Å². The first kappa shape index (κ1) is 12.3. The number of hydrogen-bond donors (Lipinski definition) is 1. The van der Waals surface area contributed by atoms with Gasteiger partial charge in [0.2, 0.25) is 0 Å². The fourth-order valence-electron chi connectivity index (χ4n) is 2.69. The van der Waals surface area contributed by atoms with Gasteiger partial charge in [-0.3, -0.25) is 0 Å². The van der Waals surface area contributed by atoms with E-state index in [9.17, 15) is 0 Å². The van der Waals surface area contributed by atoms with Crippen LogP contribution in [-0.4, -0.2) is 16.5 Å². The second-order valence-electron chi connectivity index (χ2n) is 5.27. The van der Waals surface area contributed by atoms with Crippen molar-refractivity contribution in [3.05, 3.63) is 59.2 Å². The molecule has 0 amide bonds. The molecule has 2 aromatic rings. The van der Waals surface area contributed by atoms with Crippen LogP contribution in [0.25, 0.3) is 0 Å². The van der Waals surface area contributed by atoms with Gasteiger partial charge in [0.05, 0.1) is 0 Å². The average Bonchev–Trinajstić information content (AvgIpc) is 2.48. The molecule has 19 heavy (non-hydrogen) atoms. The van der Waals surface area contributed by atoms with Crippen molar-refractivity contribution in [2.75, 3.05) is 6.54 Å². The summed E-state index contributed by atoms with van der Waals surface area (Å²) in [5, 5.41) is 0. The maximum atomic E-state index is 5.75. The molecule has 1 aromatic heterocycles. The summed E-state index contributed by atoms with van der Waals surface area (Å²) in [5.41, 5.74) is 9.53. The molecule has 0 radical (unpaired) electrons. The summed E-state index contributed by atoms with van der Waals surface area (Å²) < 4.78 is 0. The number of fused-ring (bicyclic) bond motifs is 1. The van der Waals surface area contributed by atoms with Gasteiger partial charge in [-0.05, 0) is 42.9 Å². The predicted octanol–water partition coefficient (Wildman–Crippen LogP) is 2.13. The predicted molar refractivity (Wildman–Crippen MR) is 75.8 cm³/mol. The Kier molecular flexibility index (Phi) is 3.56. The van der Waals surface area contributed by atoms with Gasteiger partial charge >= 0.3 is 0 Å². The second kappa shape index (κ2) is 5.49. The molecule has 1 heterocycles. The molecule has 3 rings (SSSR count). The van der Waals surface area contributed by atoms with Crippen molar-refractivity contribution in [1.82, 2.24) is 9.97 Å². The van der Waals surface area contributed by atoms with E-state index in [1.807, 2.05) is 12.3 Å². The zero-order valence-corrected chi connectivity index (χ0v) is 11.0. The van der Waals surface area contributed by atoms with Crippen LogP contribution in [0.4, 0.5) is 0 Å². The lowest BCUT2D eigenvalue weighted by Gasteiger charge is -2.22. The Balaban J connectivity index is 1.79. The van der Waals surface area contributed by atoms with Crippen molar-refractivity contribution in [1.29, 1.82) is 0 Å². The lowest BCUT2D eigenvalue weighted by atomic mass is 9.87. The monoisotopic (exact) mass is 253 g/mol. The Hall–Kier alpha value is -1.74. The molecule has 1 unspecified atom stereocenters. The molecule has 3 heteroatoms. The molecule has 3 nitrogen and oxygen atoms in total. The van der Waals surface area contributed by atoms with Crippen LogP contribution in [0.15, 0.2) is 36.5 Å². The summed E-state index contributed by atoms with van der Waals surface area (Å²) >= 11 is 0. The standard InChI is InChI=1S/C16H19N3/c17-10-13-6-7-15-14(8-13)11-18-16(19-15)9-12-4-2-1-3-5-12/h1-5,11,13H,6-10,17H2. The van der Waals surface area contributed by atoms with Crippen molar-refractivity contribution in [3.63, 3.8) is 0 Å².